The lowest BCUT2D eigenvalue weighted by molar-refractivity contribution is -0.143. The Morgan fingerprint density at radius 1 is 1.10 bits per heavy atom. The molecule has 0 N–H and O–H groups in total. The van der Waals surface area contributed by atoms with E-state index in [4.69, 9.17) is 0 Å². The van der Waals surface area contributed by atoms with E-state index in [0.29, 0.717) is 5.69 Å². The smallest absolute Gasteiger partial charge is 0.257 e. The van der Waals surface area contributed by atoms with Gasteiger partial charge in [-0.2, -0.15) is 0 Å². The lowest BCUT2D eigenvalue weighted by Gasteiger charge is -2.32. The minimum atomic E-state index is -0.782. The van der Waals surface area contributed by atoms with Crippen molar-refractivity contribution in [1.82, 2.24) is 9.88 Å². The summed E-state index contributed by atoms with van der Waals surface area (Å²) in [6, 6.07) is 9.98. The summed E-state index contributed by atoms with van der Waals surface area (Å²) in [5.41, 5.74) is 1.38. The molecule has 2 heterocycles. The predicted molar refractivity (Wildman–Crippen MR) is 116 cm³/mol. The van der Waals surface area contributed by atoms with E-state index < -0.39 is 6.04 Å². The van der Waals surface area contributed by atoms with Crippen LogP contribution in [0.25, 0.3) is 0 Å². The van der Waals surface area contributed by atoms with E-state index in [2.05, 4.69) is 20.9 Å². The van der Waals surface area contributed by atoms with Gasteiger partial charge in [0.15, 0.2) is 0 Å². The quantitative estimate of drug-likeness (QED) is 0.618. The Morgan fingerprint density at radius 3 is 2.50 bits per heavy atom. The maximum Gasteiger partial charge on any atom is 0.257 e. The van der Waals surface area contributed by atoms with E-state index in [1.165, 1.54) is 4.90 Å². The number of carbonyl (C=O) groups excluding carboxylic acids is 3. The first-order valence-electron chi connectivity index (χ1n) is 10.4. The predicted octanol–water partition coefficient (Wildman–Crippen LogP) is 4.09. The molecular formula is C23H24BrN3O3. The van der Waals surface area contributed by atoms with Gasteiger partial charge in [-0.3, -0.25) is 19.4 Å². The molecule has 1 aromatic carbocycles. The highest BCUT2D eigenvalue weighted by Gasteiger charge is 2.45. The monoisotopic (exact) mass is 469 g/mol. The zero-order chi connectivity index (χ0) is 21.1. The molecule has 1 aliphatic heterocycles. The number of amides is 3. The van der Waals surface area contributed by atoms with Crippen LogP contribution in [0.1, 0.15) is 44.1 Å². The van der Waals surface area contributed by atoms with Crippen LogP contribution in [0, 0.1) is 5.92 Å². The molecule has 30 heavy (non-hydrogen) atoms. The normalized spacial score (nSPS) is 19.9. The van der Waals surface area contributed by atoms with Gasteiger partial charge in [0, 0.05) is 29.3 Å². The molecule has 1 atom stereocenters. The molecule has 1 unspecified atom stereocenters. The zero-order valence-corrected chi connectivity index (χ0v) is 18.3. The van der Waals surface area contributed by atoms with Crippen molar-refractivity contribution < 1.29 is 14.4 Å². The van der Waals surface area contributed by atoms with Gasteiger partial charge in [0.1, 0.15) is 6.04 Å². The number of pyridine rings is 1. The Bertz CT molecular complexity index is 926. The molecule has 1 saturated heterocycles. The summed E-state index contributed by atoms with van der Waals surface area (Å²) >= 11 is 3.37. The van der Waals surface area contributed by atoms with Crippen LogP contribution < -0.4 is 4.90 Å². The molecule has 1 saturated carbocycles. The molecule has 1 aromatic heterocycles. The second-order valence-corrected chi connectivity index (χ2v) is 8.84. The van der Waals surface area contributed by atoms with Gasteiger partial charge < -0.3 is 4.90 Å². The van der Waals surface area contributed by atoms with Crippen LogP contribution in [-0.2, 0) is 20.9 Å². The third-order valence-corrected chi connectivity index (χ3v) is 6.43. The van der Waals surface area contributed by atoms with Crippen molar-refractivity contribution in [3.63, 3.8) is 0 Å². The molecule has 7 heteroatoms. The second kappa shape index (κ2) is 9.08. The molecule has 0 bridgehead atoms. The van der Waals surface area contributed by atoms with Gasteiger partial charge >= 0.3 is 0 Å². The van der Waals surface area contributed by atoms with Crippen molar-refractivity contribution in [2.45, 2.75) is 51.1 Å². The van der Waals surface area contributed by atoms with E-state index >= 15 is 0 Å². The van der Waals surface area contributed by atoms with Crippen molar-refractivity contribution in [2.24, 2.45) is 5.92 Å². The Morgan fingerprint density at radius 2 is 1.83 bits per heavy atom. The van der Waals surface area contributed by atoms with Gasteiger partial charge in [-0.15, -0.1) is 0 Å². The first-order valence-corrected chi connectivity index (χ1v) is 11.2. The number of hydrogen-bond donors (Lipinski definition) is 0. The molecule has 2 fully saturated rings. The number of carbonyl (C=O) groups is 3. The summed E-state index contributed by atoms with van der Waals surface area (Å²) in [4.78, 5) is 46.5. The van der Waals surface area contributed by atoms with Crippen molar-refractivity contribution in [3.8, 4) is 0 Å². The Kier molecular flexibility index (Phi) is 6.27. The standard InChI is InChI=1S/C23H24BrN3O3/c24-18-8-10-19(11-9-18)27-21(28)13-20(23(27)30)26(15-16-5-4-12-25-14-16)22(29)17-6-2-1-3-7-17/h4-5,8-12,14,17,20H,1-3,6-7,13,15H2. The number of nitrogens with zero attached hydrogens (tertiary/aromatic N) is 3. The highest BCUT2D eigenvalue weighted by molar-refractivity contribution is 9.10. The Hall–Kier alpha value is -2.54. The number of benzene rings is 1. The molecular weight excluding hydrogens is 446 g/mol. The van der Waals surface area contributed by atoms with Crippen LogP contribution in [0.15, 0.2) is 53.3 Å². The van der Waals surface area contributed by atoms with Crippen molar-refractivity contribution in [1.29, 1.82) is 0 Å². The largest absolute Gasteiger partial charge is 0.325 e. The molecule has 2 aromatic rings. The molecule has 1 aliphatic carbocycles. The highest BCUT2D eigenvalue weighted by Crippen LogP contribution is 2.31. The molecule has 3 amide bonds. The van der Waals surface area contributed by atoms with Crippen LogP contribution in [-0.4, -0.2) is 33.6 Å². The zero-order valence-electron chi connectivity index (χ0n) is 16.7. The molecule has 6 nitrogen and oxygen atoms in total. The Labute approximate surface area is 184 Å². The van der Waals surface area contributed by atoms with Gasteiger partial charge in [0.2, 0.25) is 11.8 Å². The number of hydrogen-bond acceptors (Lipinski definition) is 4. The topological polar surface area (TPSA) is 70.6 Å². The van der Waals surface area contributed by atoms with Gasteiger partial charge in [0.25, 0.3) is 5.91 Å². The summed E-state index contributed by atoms with van der Waals surface area (Å²) in [5, 5.41) is 0. The number of imide groups is 1. The van der Waals surface area contributed by atoms with Gasteiger partial charge in [-0.05, 0) is 48.7 Å². The van der Waals surface area contributed by atoms with Gasteiger partial charge in [0.05, 0.1) is 12.1 Å². The summed E-state index contributed by atoms with van der Waals surface area (Å²) in [6.07, 6.45) is 8.27. The molecule has 156 valence electrons. The molecule has 0 radical (unpaired) electrons. The fraction of sp³-hybridized carbons (Fsp3) is 0.391. The van der Waals surface area contributed by atoms with Crippen LogP contribution in [0.2, 0.25) is 0 Å². The summed E-state index contributed by atoms with van der Waals surface area (Å²) in [7, 11) is 0. The first kappa shape index (κ1) is 20.7. The number of halogens is 1. The second-order valence-electron chi connectivity index (χ2n) is 7.93. The van der Waals surface area contributed by atoms with E-state index in [9.17, 15) is 14.4 Å². The molecule has 4 rings (SSSR count). The molecule has 2 aliphatic rings. The van der Waals surface area contributed by atoms with E-state index in [1.54, 1.807) is 41.6 Å². The Balaban J connectivity index is 1.62. The third-order valence-electron chi connectivity index (χ3n) is 5.90. The first-order chi connectivity index (χ1) is 14.5. The van der Waals surface area contributed by atoms with Crippen molar-refractivity contribution in [3.05, 3.63) is 58.8 Å². The van der Waals surface area contributed by atoms with Gasteiger partial charge in [-0.1, -0.05) is 41.3 Å². The highest BCUT2D eigenvalue weighted by atomic mass is 79.9. The minimum Gasteiger partial charge on any atom is -0.325 e. The molecule has 0 spiro atoms. The third kappa shape index (κ3) is 4.31. The van der Waals surface area contributed by atoms with Crippen molar-refractivity contribution >= 4 is 39.3 Å². The fourth-order valence-corrected chi connectivity index (χ4v) is 4.60. The maximum absolute atomic E-state index is 13.4. The van der Waals surface area contributed by atoms with E-state index in [0.717, 1.165) is 42.1 Å². The van der Waals surface area contributed by atoms with Crippen LogP contribution in [0.3, 0.4) is 0 Å². The number of rotatable bonds is 5. The van der Waals surface area contributed by atoms with E-state index in [1.807, 2.05) is 12.1 Å². The fourth-order valence-electron chi connectivity index (χ4n) is 4.33. The van der Waals surface area contributed by atoms with Crippen LogP contribution in [0.5, 0.6) is 0 Å². The average Bonchev–Trinajstić information content (AvgIpc) is 3.07. The lowest BCUT2D eigenvalue weighted by atomic mass is 9.87. The lowest BCUT2D eigenvalue weighted by Crippen LogP contribution is -2.47. The van der Waals surface area contributed by atoms with E-state index in [-0.39, 0.29) is 36.6 Å². The number of anilines is 1. The SMILES string of the molecule is O=C1CC(N(Cc2cccnc2)C(=O)C2CCCCC2)C(=O)N1c1ccc(Br)cc1. The number of aromatic nitrogens is 1. The maximum atomic E-state index is 13.4. The summed E-state index contributed by atoms with van der Waals surface area (Å²) in [6.45, 7) is 0.279. The summed E-state index contributed by atoms with van der Waals surface area (Å²) in [5.74, 6) is -0.724. The van der Waals surface area contributed by atoms with Crippen molar-refractivity contribution in [2.75, 3.05) is 4.90 Å². The van der Waals surface area contributed by atoms with Gasteiger partial charge in [-0.25, -0.2) is 4.90 Å². The van der Waals surface area contributed by atoms with Crippen LogP contribution >= 0.6 is 15.9 Å². The minimum absolute atomic E-state index is 0.00756. The average molecular weight is 470 g/mol. The van der Waals surface area contributed by atoms with Crippen LogP contribution in [0.4, 0.5) is 5.69 Å². The summed E-state index contributed by atoms with van der Waals surface area (Å²) < 4.78 is 0.868.